The highest BCUT2D eigenvalue weighted by Gasteiger charge is 2.43. The molecule has 2 aliphatic heterocycles. The highest BCUT2D eigenvalue weighted by atomic mass is 16.5. The maximum absolute atomic E-state index is 5.81. The lowest BCUT2D eigenvalue weighted by Gasteiger charge is -2.45. The Balaban J connectivity index is 1.65. The standard InChI is InChI=1S/C17H26N2O/c1-14-17(2,8-11-20-14)19-10-9-18-16(13-19)12-15-6-4-3-5-7-15/h3-7,14,16,18H,8-13H2,1-2H3. The van der Waals surface area contributed by atoms with Crippen molar-refractivity contribution in [3.63, 3.8) is 0 Å². The van der Waals surface area contributed by atoms with Crippen molar-refractivity contribution in [2.45, 2.75) is 44.4 Å². The average Bonchev–Trinajstić information content (AvgIpc) is 2.81. The Bertz CT molecular complexity index is 436. The van der Waals surface area contributed by atoms with Gasteiger partial charge in [-0.25, -0.2) is 0 Å². The topological polar surface area (TPSA) is 24.5 Å². The van der Waals surface area contributed by atoms with Crippen molar-refractivity contribution < 1.29 is 4.74 Å². The molecule has 2 fully saturated rings. The van der Waals surface area contributed by atoms with E-state index in [0.29, 0.717) is 12.1 Å². The van der Waals surface area contributed by atoms with Crippen LogP contribution in [0, 0.1) is 0 Å². The van der Waals surface area contributed by atoms with E-state index in [1.54, 1.807) is 0 Å². The van der Waals surface area contributed by atoms with Crippen molar-refractivity contribution >= 4 is 0 Å². The Labute approximate surface area is 122 Å². The summed E-state index contributed by atoms with van der Waals surface area (Å²) in [6, 6.07) is 11.3. The second-order valence-electron chi connectivity index (χ2n) is 6.41. The molecule has 3 atom stereocenters. The molecule has 2 saturated heterocycles. The minimum absolute atomic E-state index is 0.219. The number of hydrogen-bond acceptors (Lipinski definition) is 3. The predicted molar refractivity (Wildman–Crippen MR) is 81.9 cm³/mol. The molecule has 2 heterocycles. The summed E-state index contributed by atoms with van der Waals surface area (Å²) in [6.45, 7) is 8.84. The molecule has 0 aromatic heterocycles. The Kier molecular flexibility index (Phi) is 4.11. The summed E-state index contributed by atoms with van der Waals surface area (Å²) >= 11 is 0. The third-order valence-electron chi connectivity index (χ3n) is 5.15. The van der Waals surface area contributed by atoms with Gasteiger partial charge in [-0.3, -0.25) is 4.90 Å². The van der Waals surface area contributed by atoms with Crippen LogP contribution in [0.2, 0.25) is 0 Å². The van der Waals surface area contributed by atoms with Gasteiger partial charge >= 0.3 is 0 Å². The van der Waals surface area contributed by atoms with Crippen molar-refractivity contribution in [3.05, 3.63) is 35.9 Å². The fraction of sp³-hybridized carbons (Fsp3) is 0.647. The molecule has 20 heavy (non-hydrogen) atoms. The normalized spacial score (nSPS) is 35.3. The predicted octanol–water partition coefficient (Wildman–Crippen LogP) is 2.07. The Morgan fingerprint density at radius 1 is 1.35 bits per heavy atom. The van der Waals surface area contributed by atoms with E-state index in [4.69, 9.17) is 4.74 Å². The molecule has 0 radical (unpaired) electrons. The van der Waals surface area contributed by atoms with Crippen LogP contribution >= 0.6 is 0 Å². The van der Waals surface area contributed by atoms with Gasteiger partial charge in [0.25, 0.3) is 0 Å². The number of benzene rings is 1. The van der Waals surface area contributed by atoms with Gasteiger partial charge in [0.1, 0.15) is 0 Å². The fourth-order valence-corrected chi connectivity index (χ4v) is 3.57. The molecule has 3 rings (SSSR count). The first-order valence-electron chi connectivity index (χ1n) is 7.82. The maximum atomic E-state index is 5.81. The zero-order chi connectivity index (χ0) is 14.0. The Morgan fingerprint density at radius 3 is 2.85 bits per heavy atom. The minimum Gasteiger partial charge on any atom is -0.377 e. The molecule has 3 nitrogen and oxygen atoms in total. The van der Waals surface area contributed by atoms with Crippen molar-refractivity contribution in [1.82, 2.24) is 10.2 Å². The molecule has 0 bridgehead atoms. The molecule has 3 heteroatoms. The second-order valence-corrected chi connectivity index (χ2v) is 6.41. The molecule has 0 aliphatic carbocycles. The van der Waals surface area contributed by atoms with Crippen LogP contribution in [-0.2, 0) is 11.2 Å². The van der Waals surface area contributed by atoms with E-state index in [1.807, 2.05) is 0 Å². The van der Waals surface area contributed by atoms with Crippen molar-refractivity contribution in [2.24, 2.45) is 0 Å². The van der Waals surface area contributed by atoms with Crippen LogP contribution in [0.15, 0.2) is 30.3 Å². The van der Waals surface area contributed by atoms with Crippen LogP contribution in [0.25, 0.3) is 0 Å². The van der Waals surface area contributed by atoms with Crippen molar-refractivity contribution in [3.8, 4) is 0 Å². The molecular formula is C17H26N2O. The van der Waals surface area contributed by atoms with Crippen molar-refractivity contribution in [2.75, 3.05) is 26.2 Å². The lowest BCUT2D eigenvalue weighted by Crippen LogP contribution is -2.61. The quantitative estimate of drug-likeness (QED) is 0.913. The molecule has 1 aromatic rings. The van der Waals surface area contributed by atoms with Crippen LogP contribution in [0.1, 0.15) is 25.8 Å². The highest BCUT2D eigenvalue weighted by molar-refractivity contribution is 5.16. The second kappa shape index (κ2) is 5.84. The third kappa shape index (κ3) is 2.76. The zero-order valence-corrected chi connectivity index (χ0v) is 12.6. The van der Waals surface area contributed by atoms with Crippen LogP contribution < -0.4 is 5.32 Å². The van der Waals surface area contributed by atoms with E-state index in [0.717, 1.165) is 39.1 Å². The van der Waals surface area contributed by atoms with E-state index in [9.17, 15) is 0 Å². The summed E-state index contributed by atoms with van der Waals surface area (Å²) in [6.07, 6.45) is 2.62. The van der Waals surface area contributed by atoms with Crippen LogP contribution in [-0.4, -0.2) is 48.8 Å². The van der Waals surface area contributed by atoms with E-state index in [-0.39, 0.29) is 5.54 Å². The van der Waals surface area contributed by atoms with Gasteiger partial charge in [-0.1, -0.05) is 30.3 Å². The highest BCUT2D eigenvalue weighted by Crippen LogP contribution is 2.32. The molecule has 3 unspecified atom stereocenters. The third-order valence-corrected chi connectivity index (χ3v) is 5.15. The van der Waals surface area contributed by atoms with Gasteiger partial charge in [-0.15, -0.1) is 0 Å². The van der Waals surface area contributed by atoms with Crippen LogP contribution in [0.4, 0.5) is 0 Å². The van der Waals surface area contributed by atoms with E-state index < -0.39 is 0 Å². The zero-order valence-electron chi connectivity index (χ0n) is 12.6. The summed E-state index contributed by atoms with van der Waals surface area (Å²) in [5, 5.41) is 3.67. The van der Waals surface area contributed by atoms with Gasteiger partial charge in [-0.2, -0.15) is 0 Å². The number of hydrogen-bond donors (Lipinski definition) is 1. The summed E-state index contributed by atoms with van der Waals surface area (Å²) in [5.74, 6) is 0. The van der Waals surface area contributed by atoms with Crippen molar-refractivity contribution in [1.29, 1.82) is 0 Å². The smallest absolute Gasteiger partial charge is 0.0728 e. The molecule has 110 valence electrons. The van der Waals surface area contributed by atoms with E-state index in [2.05, 4.69) is 54.4 Å². The largest absolute Gasteiger partial charge is 0.377 e. The molecule has 2 aliphatic rings. The fourth-order valence-electron chi connectivity index (χ4n) is 3.57. The number of rotatable bonds is 3. The SMILES string of the molecule is CC1OCCC1(C)N1CCNC(Cc2ccccc2)C1. The van der Waals surface area contributed by atoms with E-state index >= 15 is 0 Å². The molecule has 0 amide bonds. The number of nitrogens with zero attached hydrogens (tertiary/aromatic N) is 1. The van der Waals surface area contributed by atoms with E-state index in [1.165, 1.54) is 5.56 Å². The van der Waals surface area contributed by atoms with Gasteiger partial charge in [0.2, 0.25) is 0 Å². The first-order valence-corrected chi connectivity index (χ1v) is 7.82. The van der Waals surface area contributed by atoms with Gasteiger partial charge in [0.15, 0.2) is 0 Å². The molecule has 0 saturated carbocycles. The first-order chi connectivity index (χ1) is 9.68. The Hall–Kier alpha value is -0.900. The Morgan fingerprint density at radius 2 is 2.15 bits per heavy atom. The minimum atomic E-state index is 0.219. The van der Waals surface area contributed by atoms with Crippen LogP contribution in [0.5, 0.6) is 0 Å². The molecular weight excluding hydrogens is 248 g/mol. The molecule has 1 aromatic carbocycles. The lowest BCUT2D eigenvalue weighted by molar-refractivity contribution is 0.00536. The summed E-state index contributed by atoms with van der Waals surface area (Å²) in [5.41, 5.74) is 1.64. The summed E-state index contributed by atoms with van der Waals surface area (Å²) in [7, 11) is 0. The first kappa shape index (κ1) is 14.1. The van der Waals surface area contributed by atoms with Gasteiger partial charge < -0.3 is 10.1 Å². The summed E-state index contributed by atoms with van der Waals surface area (Å²) in [4.78, 5) is 2.65. The number of ether oxygens (including phenoxy) is 1. The monoisotopic (exact) mass is 274 g/mol. The maximum Gasteiger partial charge on any atom is 0.0728 e. The average molecular weight is 274 g/mol. The number of nitrogens with one attached hydrogen (secondary N) is 1. The number of piperazine rings is 1. The van der Waals surface area contributed by atoms with Crippen LogP contribution in [0.3, 0.4) is 0 Å². The molecule has 0 spiro atoms. The molecule has 1 N–H and O–H groups in total. The van der Waals surface area contributed by atoms with Gasteiger partial charge in [0, 0.05) is 37.8 Å². The van der Waals surface area contributed by atoms with Gasteiger partial charge in [-0.05, 0) is 32.3 Å². The lowest BCUT2D eigenvalue weighted by atomic mass is 9.90. The summed E-state index contributed by atoms with van der Waals surface area (Å²) < 4.78 is 5.81. The van der Waals surface area contributed by atoms with Gasteiger partial charge in [0.05, 0.1) is 6.10 Å².